The van der Waals surface area contributed by atoms with Crippen LogP contribution in [0.2, 0.25) is 0 Å². The van der Waals surface area contributed by atoms with Crippen molar-refractivity contribution in [1.82, 2.24) is 0 Å². The van der Waals surface area contributed by atoms with Gasteiger partial charge in [-0.3, -0.25) is 0 Å². The Morgan fingerprint density at radius 2 is 2.40 bits per heavy atom. The second kappa shape index (κ2) is 2.95. The molecule has 0 bridgehead atoms. The van der Waals surface area contributed by atoms with Crippen LogP contribution in [-0.4, -0.2) is 14.0 Å². The lowest BCUT2D eigenvalue weighted by Gasteiger charge is -2.15. The van der Waals surface area contributed by atoms with Gasteiger partial charge in [-0.05, 0) is 6.42 Å². The predicted octanol–water partition coefficient (Wildman–Crippen LogP) is 3.12. The summed E-state index contributed by atoms with van der Waals surface area (Å²) < 4.78 is 26.2. The first-order valence-corrected chi connectivity index (χ1v) is 4.91. The Bertz CT molecular complexity index is 161. The minimum atomic E-state index is -1.76. The molecule has 2 unspecified atom stereocenters. The molecule has 1 aliphatic heterocycles. The van der Waals surface area contributed by atoms with Gasteiger partial charge in [-0.15, -0.1) is 0 Å². The number of alkyl halides is 2. The molecule has 1 heterocycles. The monoisotopic (exact) mass is 200 g/mol. The van der Waals surface area contributed by atoms with Crippen molar-refractivity contribution in [2.45, 2.75) is 23.8 Å². The van der Waals surface area contributed by atoms with E-state index in [2.05, 4.69) is 12.2 Å². The van der Waals surface area contributed by atoms with Crippen LogP contribution >= 0.6 is 35.7 Å². The summed E-state index contributed by atoms with van der Waals surface area (Å²) in [4.78, 5) is 0. The van der Waals surface area contributed by atoms with Gasteiger partial charge in [0.15, 0.2) is 5.50 Å². The van der Waals surface area contributed by atoms with E-state index in [0.29, 0.717) is 3.53 Å². The van der Waals surface area contributed by atoms with Crippen LogP contribution in [0.25, 0.3) is 0 Å². The number of thioether (sulfide) groups is 2. The predicted molar refractivity (Wildman–Crippen MR) is 46.8 cm³/mol. The second-order valence-corrected chi connectivity index (χ2v) is 5.46. The number of rotatable bonds is 1. The lowest BCUT2D eigenvalue weighted by molar-refractivity contribution is 0.197. The van der Waals surface area contributed by atoms with Crippen molar-refractivity contribution in [3.8, 4) is 0 Å². The summed E-state index contributed by atoms with van der Waals surface area (Å²) in [6.45, 7) is 1.62. The van der Waals surface area contributed by atoms with Crippen LogP contribution in [0, 0.1) is 0 Å². The van der Waals surface area contributed by atoms with Crippen LogP contribution in [0.1, 0.15) is 13.3 Å². The zero-order valence-electron chi connectivity index (χ0n) is 5.27. The van der Waals surface area contributed by atoms with Crippen LogP contribution in [-0.2, 0) is 0 Å². The molecule has 0 nitrogen and oxygen atoms in total. The molecule has 2 atom stereocenters. The highest BCUT2D eigenvalue weighted by atomic mass is 32.2. The molecular weight excluding hydrogens is 194 g/mol. The van der Waals surface area contributed by atoms with E-state index < -0.39 is 10.5 Å². The van der Waals surface area contributed by atoms with Gasteiger partial charge in [0.1, 0.15) is 3.53 Å². The van der Waals surface area contributed by atoms with Crippen molar-refractivity contribution in [2.75, 3.05) is 0 Å². The van der Waals surface area contributed by atoms with Crippen molar-refractivity contribution in [2.24, 2.45) is 0 Å². The number of halogens is 2. The molecule has 10 heavy (non-hydrogen) atoms. The first kappa shape index (κ1) is 8.74. The second-order valence-electron chi connectivity index (χ2n) is 1.93. The molecule has 58 valence electrons. The fourth-order valence-electron chi connectivity index (χ4n) is 0.614. The van der Waals surface area contributed by atoms with Crippen LogP contribution in [0.3, 0.4) is 0 Å². The number of hydrogen-bond acceptors (Lipinski definition) is 3. The summed E-state index contributed by atoms with van der Waals surface area (Å²) in [6.07, 6.45) is 0.173. The van der Waals surface area contributed by atoms with Gasteiger partial charge in [-0.1, -0.05) is 42.7 Å². The summed E-state index contributed by atoms with van der Waals surface area (Å²) >= 11 is 6.29. The summed E-state index contributed by atoms with van der Waals surface area (Å²) in [5.74, 6) is 0. The standard InChI is InChI=1S/C5H6F2S3/c1-2-5(7)3(6)9-4(8)10-5/h3H,2H2,1H3. The summed E-state index contributed by atoms with van der Waals surface area (Å²) in [5, 5.41) is -1.76. The van der Waals surface area contributed by atoms with E-state index in [-0.39, 0.29) is 6.42 Å². The average molecular weight is 200 g/mol. The smallest absolute Gasteiger partial charge is 0.202 e. The Hall–Kier alpha value is 0.650. The molecule has 0 spiro atoms. The third-order valence-electron chi connectivity index (χ3n) is 1.27. The van der Waals surface area contributed by atoms with Crippen molar-refractivity contribution in [3.63, 3.8) is 0 Å². The maximum Gasteiger partial charge on any atom is 0.202 e. The van der Waals surface area contributed by atoms with E-state index in [0.717, 1.165) is 23.5 Å². The van der Waals surface area contributed by atoms with Crippen LogP contribution in [0.15, 0.2) is 0 Å². The Morgan fingerprint density at radius 1 is 1.80 bits per heavy atom. The van der Waals surface area contributed by atoms with Crippen LogP contribution < -0.4 is 0 Å². The summed E-state index contributed by atoms with van der Waals surface area (Å²) in [6, 6.07) is 0. The van der Waals surface area contributed by atoms with Crippen molar-refractivity contribution in [3.05, 3.63) is 0 Å². The fourth-order valence-corrected chi connectivity index (χ4v) is 3.46. The molecule has 0 aliphatic carbocycles. The number of hydrogen-bond donors (Lipinski definition) is 0. The van der Waals surface area contributed by atoms with Gasteiger partial charge in [0.2, 0.25) is 5.00 Å². The van der Waals surface area contributed by atoms with Gasteiger partial charge in [-0.2, -0.15) is 0 Å². The molecule has 5 heteroatoms. The summed E-state index contributed by atoms with van der Waals surface area (Å²) in [5.41, 5.74) is -1.48. The molecule has 0 saturated carbocycles. The SMILES string of the molecule is CCC1(F)SC(=S)SC1F. The van der Waals surface area contributed by atoms with Gasteiger partial charge in [-0.25, -0.2) is 8.78 Å². The highest BCUT2D eigenvalue weighted by Gasteiger charge is 2.47. The Kier molecular flexibility index (Phi) is 2.58. The van der Waals surface area contributed by atoms with Crippen molar-refractivity contribution >= 4 is 39.3 Å². The molecule has 1 rings (SSSR count). The Balaban J connectivity index is 2.70. The lowest BCUT2D eigenvalue weighted by atomic mass is 10.3. The third-order valence-corrected chi connectivity index (χ3v) is 4.27. The molecule has 0 aromatic rings. The zero-order valence-corrected chi connectivity index (χ0v) is 7.71. The van der Waals surface area contributed by atoms with Gasteiger partial charge in [0, 0.05) is 0 Å². The third kappa shape index (κ3) is 1.46. The number of thiocarbonyl (C=S) groups is 1. The van der Waals surface area contributed by atoms with E-state index in [1.54, 1.807) is 6.92 Å². The van der Waals surface area contributed by atoms with Crippen LogP contribution in [0.5, 0.6) is 0 Å². The zero-order chi connectivity index (χ0) is 7.78. The molecular formula is C5H6F2S3. The Labute approximate surface area is 72.1 Å². The molecule has 0 radical (unpaired) electrons. The van der Waals surface area contributed by atoms with E-state index in [1.807, 2.05) is 0 Å². The highest BCUT2D eigenvalue weighted by Crippen LogP contribution is 2.51. The topological polar surface area (TPSA) is 0 Å². The minimum Gasteiger partial charge on any atom is -0.231 e. The molecule has 1 aliphatic rings. The molecule has 0 aromatic carbocycles. The van der Waals surface area contributed by atoms with Gasteiger partial charge < -0.3 is 0 Å². The maximum absolute atomic E-state index is 13.2. The van der Waals surface area contributed by atoms with E-state index in [9.17, 15) is 8.78 Å². The van der Waals surface area contributed by atoms with Gasteiger partial charge in [0.25, 0.3) is 0 Å². The fraction of sp³-hybridized carbons (Fsp3) is 0.800. The first-order chi connectivity index (χ1) is 4.58. The first-order valence-electron chi connectivity index (χ1n) is 2.81. The van der Waals surface area contributed by atoms with E-state index in [4.69, 9.17) is 0 Å². The maximum atomic E-state index is 13.2. The summed E-state index contributed by atoms with van der Waals surface area (Å²) in [7, 11) is 0. The molecule has 1 saturated heterocycles. The van der Waals surface area contributed by atoms with Crippen molar-refractivity contribution in [1.29, 1.82) is 0 Å². The van der Waals surface area contributed by atoms with E-state index >= 15 is 0 Å². The highest BCUT2D eigenvalue weighted by molar-refractivity contribution is 8.50. The minimum absolute atomic E-state index is 0.173. The average Bonchev–Trinajstić information content (AvgIpc) is 2.09. The molecule has 1 fully saturated rings. The Morgan fingerprint density at radius 3 is 2.60 bits per heavy atom. The van der Waals surface area contributed by atoms with Crippen LogP contribution in [0.4, 0.5) is 8.78 Å². The van der Waals surface area contributed by atoms with Gasteiger partial charge >= 0.3 is 0 Å². The van der Waals surface area contributed by atoms with Crippen molar-refractivity contribution < 1.29 is 8.78 Å². The molecule has 0 N–H and O–H groups in total. The largest absolute Gasteiger partial charge is 0.231 e. The lowest BCUT2D eigenvalue weighted by Crippen LogP contribution is -2.22. The quantitative estimate of drug-likeness (QED) is 0.597. The van der Waals surface area contributed by atoms with Gasteiger partial charge in [0.05, 0.1) is 0 Å². The normalized spacial score (nSPS) is 40.7. The molecule has 0 aromatic heterocycles. The van der Waals surface area contributed by atoms with E-state index in [1.165, 1.54) is 0 Å². The molecule has 0 amide bonds.